The number of alkyl halides is 1. The topological polar surface area (TPSA) is 21.1 Å². The second kappa shape index (κ2) is 5.12. The lowest BCUT2D eigenvalue weighted by Crippen LogP contribution is -2.32. The molecule has 0 aliphatic rings. The smallest absolute Gasteiger partial charge is 0.0534 e. The third-order valence-corrected chi connectivity index (χ3v) is 3.79. The molecule has 0 saturated heterocycles. The van der Waals surface area contributed by atoms with Gasteiger partial charge in [0.1, 0.15) is 0 Å². The molecule has 1 aromatic rings. The summed E-state index contributed by atoms with van der Waals surface area (Å²) in [6.07, 6.45) is 4.00. The molecule has 0 amide bonds. The van der Waals surface area contributed by atoms with Crippen LogP contribution in [0.5, 0.6) is 0 Å². The SMILES string of the molecule is CN(Cc1cnn(C)c1)CC(C)(C)CBr. The summed E-state index contributed by atoms with van der Waals surface area (Å²) in [6.45, 7) is 6.57. The molecule has 0 saturated carbocycles. The van der Waals surface area contributed by atoms with Gasteiger partial charge in [0.15, 0.2) is 0 Å². The van der Waals surface area contributed by atoms with Crippen LogP contribution >= 0.6 is 15.9 Å². The molecule has 0 aliphatic carbocycles. The van der Waals surface area contributed by atoms with E-state index in [2.05, 4.69) is 53.0 Å². The maximum Gasteiger partial charge on any atom is 0.0534 e. The first kappa shape index (κ1) is 12.7. The van der Waals surface area contributed by atoms with Crippen molar-refractivity contribution in [1.82, 2.24) is 14.7 Å². The van der Waals surface area contributed by atoms with Crippen molar-refractivity contribution < 1.29 is 0 Å². The molecule has 4 heteroatoms. The first-order valence-corrected chi connectivity index (χ1v) is 6.27. The molecule has 0 N–H and O–H groups in total. The van der Waals surface area contributed by atoms with Crippen LogP contribution in [0.1, 0.15) is 19.4 Å². The largest absolute Gasteiger partial charge is 0.301 e. The van der Waals surface area contributed by atoms with E-state index in [9.17, 15) is 0 Å². The molecule has 0 atom stereocenters. The van der Waals surface area contributed by atoms with Gasteiger partial charge in [-0.3, -0.25) is 4.68 Å². The van der Waals surface area contributed by atoms with Crippen LogP contribution in [0.4, 0.5) is 0 Å². The second-order valence-electron chi connectivity index (χ2n) is 4.99. The van der Waals surface area contributed by atoms with Gasteiger partial charge in [0.25, 0.3) is 0 Å². The van der Waals surface area contributed by atoms with Crippen molar-refractivity contribution in [2.24, 2.45) is 12.5 Å². The monoisotopic (exact) mass is 273 g/mol. The number of aryl methyl sites for hydroxylation is 1. The van der Waals surface area contributed by atoms with Gasteiger partial charge in [-0.1, -0.05) is 29.8 Å². The highest BCUT2D eigenvalue weighted by Crippen LogP contribution is 2.19. The third-order valence-electron chi connectivity index (χ3n) is 2.27. The summed E-state index contributed by atoms with van der Waals surface area (Å²) in [5.74, 6) is 0. The van der Waals surface area contributed by atoms with Crippen molar-refractivity contribution in [2.75, 3.05) is 18.9 Å². The van der Waals surface area contributed by atoms with Crippen molar-refractivity contribution in [2.45, 2.75) is 20.4 Å². The lowest BCUT2D eigenvalue weighted by Gasteiger charge is -2.28. The maximum atomic E-state index is 4.17. The zero-order valence-corrected chi connectivity index (χ0v) is 11.6. The molecule has 0 unspecified atom stereocenters. The maximum absolute atomic E-state index is 4.17. The van der Waals surface area contributed by atoms with E-state index in [1.807, 2.05) is 17.9 Å². The molecule has 15 heavy (non-hydrogen) atoms. The van der Waals surface area contributed by atoms with Crippen LogP contribution in [0.3, 0.4) is 0 Å². The van der Waals surface area contributed by atoms with Gasteiger partial charge in [-0.2, -0.15) is 5.10 Å². The zero-order valence-electron chi connectivity index (χ0n) is 10.00. The summed E-state index contributed by atoms with van der Waals surface area (Å²) < 4.78 is 1.85. The van der Waals surface area contributed by atoms with E-state index in [0.29, 0.717) is 5.41 Å². The van der Waals surface area contributed by atoms with E-state index < -0.39 is 0 Å². The molecular formula is C11H20BrN3. The fourth-order valence-electron chi connectivity index (χ4n) is 1.69. The second-order valence-corrected chi connectivity index (χ2v) is 5.55. The van der Waals surface area contributed by atoms with Gasteiger partial charge in [0.05, 0.1) is 6.20 Å². The highest BCUT2D eigenvalue weighted by atomic mass is 79.9. The van der Waals surface area contributed by atoms with E-state index >= 15 is 0 Å². The Labute approximate surface area is 101 Å². The molecule has 0 spiro atoms. The molecule has 1 rings (SSSR count). The Morgan fingerprint density at radius 3 is 2.67 bits per heavy atom. The molecule has 86 valence electrons. The normalized spacial score (nSPS) is 12.4. The van der Waals surface area contributed by atoms with Crippen LogP contribution in [0, 0.1) is 5.41 Å². The van der Waals surface area contributed by atoms with Crippen molar-refractivity contribution in [1.29, 1.82) is 0 Å². The van der Waals surface area contributed by atoms with Crippen LogP contribution in [0.15, 0.2) is 12.4 Å². The standard InChI is InChI=1S/C11H20BrN3/c1-11(2,8-12)9-14(3)6-10-5-13-15(4)7-10/h5,7H,6,8-9H2,1-4H3. The molecule has 0 aromatic carbocycles. The molecule has 0 aliphatic heterocycles. The van der Waals surface area contributed by atoms with E-state index in [-0.39, 0.29) is 0 Å². The van der Waals surface area contributed by atoms with Crippen molar-refractivity contribution in [3.63, 3.8) is 0 Å². The first-order valence-electron chi connectivity index (χ1n) is 5.15. The van der Waals surface area contributed by atoms with Crippen molar-refractivity contribution in [3.05, 3.63) is 18.0 Å². The minimum absolute atomic E-state index is 0.316. The van der Waals surface area contributed by atoms with E-state index in [4.69, 9.17) is 0 Å². The van der Waals surface area contributed by atoms with Crippen LogP contribution in [-0.2, 0) is 13.6 Å². The number of hydrogen-bond donors (Lipinski definition) is 0. The van der Waals surface area contributed by atoms with E-state index in [1.54, 1.807) is 0 Å². The van der Waals surface area contributed by atoms with Crippen LogP contribution in [-0.4, -0.2) is 33.6 Å². The van der Waals surface area contributed by atoms with Gasteiger partial charge in [-0.25, -0.2) is 0 Å². The quantitative estimate of drug-likeness (QED) is 0.768. The summed E-state index contributed by atoms with van der Waals surface area (Å²) in [5.41, 5.74) is 1.59. The minimum Gasteiger partial charge on any atom is -0.301 e. The molecule has 1 heterocycles. The Bertz CT molecular complexity index is 307. The highest BCUT2D eigenvalue weighted by molar-refractivity contribution is 9.09. The van der Waals surface area contributed by atoms with E-state index in [1.165, 1.54) is 5.56 Å². The summed E-state index contributed by atoms with van der Waals surface area (Å²) in [4.78, 5) is 2.33. The lowest BCUT2D eigenvalue weighted by molar-refractivity contribution is 0.226. The molecular weight excluding hydrogens is 254 g/mol. The van der Waals surface area contributed by atoms with Crippen molar-refractivity contribution >= 4 is 15.9 Å². The molecule has 0 fully saturated rings. The summed E-state index contributed by atoms with van der Waals surface area (Å²) in [7, 11) is 4.10. The Kier molecular flexibility index (Phi) is 4.34. The van der Waals surface area contributed by atoms with Crippen LogP contribution in [0.2, 0.25) is 0 Å². The number of rotatable bonds is 5. The highest BCUT2D eigenvalue weighted by Gasteiger charge is 2.18. The predicted molar refractivity (Wildman–Crippen MR) is 67.1 cm³/mol. The Hall–Kier alpha value is -0.350. The van der Waals surface area contributed by atoms with Gasteiger partial charge in [0, 0.05) is 37.2 Å². The fraction of sp³-hybridized carbons (Fsp3) is 0.727. The van der Waals surface area contributed by atoms with Gasteiger partial charge in [0.2, 0.25) is 0 Å². The molecule has 0 bridgehead atoms. The van der Waals surface area contributed by atoms with Gasteiger partial charge < -0.3 is 4.90 Å². The lowest BCUT2D eigenvalue weighted by atomic mass is 9.96. The van der Waals surface area contributed by atoms with Gasteiger partial charge in [-0.15, -0.1) is 0 Å². The van der Waals surface area contributed by atoms with Gasteiger partial charge >= 0.3 is 0 Å². The number of halogens is 1. The van der Waals surface area contributed by atoms with Gasteiger partial charge in [-0.05, 0) is 12.5 Å². The van der Waals surface area contributed by atoms with Crippen LogP contribution in [0.25, 0.3) is 0 Å². The average Bonchev–Trinajstić information content (AvgIpc) is 2.50. The minimum atomic E-state index is 0.316. The Balaban J connectivity index is 2.46. The predicted octanol–water partition coefficient (Wildman–Crippen LogP) is 2.27. The zero-order chi connectivity index (χ0) is 11.5. The molecule has 3 nitrogen and oxygen atoms in total. The van der Waals surface area contributed by atoms with Crippen LogP contribution < -0.4 is 0 Å². The summed E-state index contributed by atoms with van der Waals surface area (Å²) >= 11 is 3.55. The number of nitrogens with zero attached hydrogens (tertiary/aromatic N) is 3. The average molecular weight is 274 g/mol. The molecule has 0 radical (unpaired) electrons. The first-order chi connectivity index (χ1) is 6.93. The Morgan fingerprint density at radius 2 is 2.20 bits per heavy atom. The molecule has 1 aromatic heterocycles. The number of aromatic nitrogens is 2. The fourth-order valence-corrected chi connectivity index (χ4v) is 1.87. The third kappa shape index (κ3) is 4.34. The summed E-state index contributed by atoms with van der Waals surface area (Å²) in [5, 5.41) is 5.19. The summed E-state index contributed by atoms with van der Waals surface area (Å²) in [6, 6.07) is 0. The van der Waals surface area contributed by atoms with Crippen molar-refractivity contribution in [3.8, 4) is 0 Å². The Morgan fingerprint density at radius 1 is 1.53 bits per heavy atom. The number of hydrogen-bond acceptors (Lipinski definition) is 2. The van der Waals surface area contributed by atoms with E-state index in [0.717, 1.165) is 18.4 Å².